The Bertz CT molecular complexity index is 1380. The number of esters is 1. The number of carbonyl (C=O) groups is 2. The number of para-hydroxylation sites is 1. The highest BCUT2D eigenvalue weighted by Crippen LogP contribution is 2.44. The van der Waals surface area contributed by atoms with Gasteiger partial charge in [-0.15, -0.1) is 0 Å². The minimum absolute atomic E-state index is 0.0755. The zero-order chi connectivity index (χ0) is 29.9. The number of nitrogens with zero attached hydrogens (tertiary/aromatic N) is 3. The smallest absolute Gasteiger partial charge is 0.488 e. The van der Waals surface area contributed by atoms with Crippen molar-refractivity contribution in [1.29, 1.82) is 0 Å². The van der Waals surface area contributed by atoms with Crippen LogP contribution in [0.15, 0.2) is 59.1 Å². The molecule has 8 nitrogen and oxygen atoms in total. The minimum Gasteiger partial charge on any atom is -0.488 e. The molecule has 0 saturated carbocycles. The first-order valence-corrected chi connectivity index (χ1v) is 14.0. The van der Waals surface area contributed by atoms with Crippen LogP contribution < -0.4 is 4.74 Å². The number of hydrogen-bond donors (Lipinski definition) is 0. The zero-order valence-corrected chi connectivity index (χ0v) is 23.7. The van der Waals surface area contributed by atoms with Gasteiger partial charge in [-0.05, 0) is 64.4 Å². The Balaban J connectivity index is 1.26. The number of amides is 1. The summed E-state index contributed by atoms with van der Waals surface area (Å²) in [4.78, 5) is 28.8. The third kappa shape index (κ3) is 6.46. The SMILES string of the molecule is Cc1noc(C)c1COc1ccccc1CN1CCC2(CC1)CCN(C(=O)c1ccccc1)CC2OC(=O)C(F)(F)F. The van der Waals surface area contributed by atoms with E-state index in [0.29, 0.717) is 63.4 Å². The molecule has 1 amide bonds. The van der Waals surface area contributed by atoms with E-state index >= 15 is 0 Å². The first-order chi connectivity index (χ1) is 20.1. The lowest BCUT2D eigenvalue weighted by atomic mass is 9.69. The molecule has 2 aromatic carbocycles. The molecule has 224 valence electrons. The summed E-state index contributed by atoms with van der Waals surface area (Å²) in [7, 11) is 0. The maximum atomic E-state index is 13.2. The van der Waals surface area contributed by atoms with Gasteiger partial charge in [0.1, 0.15) is 24.2 Å². The number of aryl methyl sites for hydroxylation is 2. The van der Waals surface area contributed by atoms with E-state index in [0.717, 1.165) is 22.6 Å². The van der Waals surface area contributed by atoms with Gasteiger partial charge in [-0.2, -0.15) is 13.2 Å². The Morgan fingerprint density at radius 1 is 1.00 bits per heavy atom. The highest BCUT2D eigenvalue weighted by Gasteiger charge is 2.51. The molecule has 5 rings (SSSR count). The standard InChI is InChI=1S/C31H34F3N3O5/c1-21-25(22(2)42-35-21)20-40-26-11-7-6-10-24(26)18-36-15-12-30(13-16-36)14-17-37(28(38)23-8-4-3-5-9-23)19-27(30)41-29(39)31(32,33)34/h3-11,27H,12-20H2,1-2H3. The number of aromatic nitrogens is 1. The fourth-order valence-corrected chi connectivity index (χ4v) is 5.91. The summed E-state index contributed by atoms with van der Waals surface area (Å²) in [6, 6.07) is 16.3. The van der Waals surface area contributed by atoms with E-state index in [1.165, 1.54) is 4.90 Å². The molecule has 3 aromatic rings. The molecule has 0 bridgehead atoms. The summed E-state index contributed by atoms with van der Waals surface area (Å²) in [6.07, 6.45) is -4.63. The number of alkyl halides is 3. The number of halogens is 3. The van der Waals surface area contributed by atoms with Crippen molar-refractivity contribution in [3.8, 4) is 5.75 Å². The maximum Gasteiger partial charge on any atom is 0.490 e. The molecular weight excluding hydrogens is 551 g/mol. The summed E-state index contributed by atoms with van der Waals surface area (Å²) in [5.74, 6) is -1.05. The van der Waals surface area contributed by atoms with E-state index < -0.39 is 23.7 Å². The first-order valence-electron chi connectivity index (χ1n) is 14.0. The number of ether oxygens (including phenoxy) is 2. The molecule has 1 spiro atoms. The monoisotopic (exact) mass is 585 g/mol. The first kappa shape index (κ1) is 29.6. The molecule has 2 aliphatic heterocycles. The van der Waals surface area contributed by atoms with E-state index in [1.54, 1.807) is 30.3 Å². The van der Waals surface area contributed by atoms with E-state index in [-0.39, 0.29) is 12.5 Å². The van der Waals surface area contributed by atoms with E-state index in [1.807, 2.05) is 38.1 Å². The Labute approximate surface area is 242 Å². The lowest BCUT2D eigenvalue weighted by molar-refractivity contribution is -0.216. The van der Waals surface area contributed by atoms with Crippen molar-refractivity contribution in [1.82, 2.24) is 15.0 Å². The van der Waals surface area contributed by atoms with Crippen LogP contribution in [0.1, 0.15) is 52.2 Å². The average molecular weight is 586 g/mol. The quantitative estimate of drug-likeness (QED) is 0.340. The topological polar surface area (TPSA) is 85.1 Å². The molecule has 0 radical (unpaired) electrons. The van der Waals surface area contributed by atoms with Crippen LogP contribution in [0.5, 0.6) is 5.75 Å². The fraction of sp³-hybridized carbons (Fsp3) is 0.452. The summed E-state index contributed by atoms with van der Waals surface area (Å²) < 4.78 is 56.2. The van der Waals surface area contributed by atoms with Gasteiger partial charge in [0.25, 0.3) is 5.91 Å². The van der Waals surface area contributed by atoms with Gasteiger partial charge >= 0.3 is 12.1 Å². The van der Waals surface area contributed by atoms with Gasteiger partial charge in [-0.1, -0.05) is 41.6 Å². The number of hydrogen-bond acceptors (Lipinski definition) is 7. The van der Waals surface area contributed by atoms with Crippen LogP contribution in [0.4, 0.5) is 13.2 Å². The lowest BCUT2D eigenvalue weighted by Crippen LogP contribution is -2.58. The summed E-state index contributed by atoms with van der Waals surface area (Å²) in [6.45, 7) is 6.14. The van der Waals surface area contributed by atoms with Gasteiger partial charge in [0.05, 0.1) is 17.8 Å². The lowest BCUT2D eigenvalue weighted by Gasteiger charge is -2.51. The molecule has 11 heteroatoms. The average Bonchev–Trinajstić information content (AvgIpc) is 3.31. The number of piperidine rings is 2. The molecule has 1 unspecified atom stereocenters. The predicted octanol–water partition coefficient (Wildman–Crippen LogP) is 5.47. The second-order valence-corrected chi connectivity index (χ2v) is 11.1. The molecule has 2 saturated heterocycles. The Morgan fingerprint density at radius 2 is 1.67 bits per heavy atom. The number of rotatable bonds is 7. The van der Waals surface area contributed by atoms with Crippen molar-refractivity contribution < 1.29 is 36.8 Å². The Hall–Kier alpha value is -3.86. The highest BCUT2D eigenvalue weighted by molar-refractivity contribution is 5.94. The number of benzene rings is 2. The Morgan fingerprint density at radius 3 is 2.33 bits per heavy atom. The van der Waals surface area contributed by atoms with Gasteiger partial charge < -0.3 is 18.9 Å². The molecule has 2 fully saturated rings. The zero-order valence-electron chi connectivity index (χ0n) is 23.7. The van der Waals surface area contributed by atoms with Crippen LogP contribution >= 0.6 is 0 Å². The van der Waals surface area contributed by atoms with Crippen LogP contribution in [-0.4, -0.2) is 65.3 Å². The Kier molecular flexibility index (Phi) is 8.58. The largest absolute Gasteiger partial charge is 0.490 e. The summed E-state index contributed by atoms with van der Waals surface area (Å²) >= 11 is 0. The van der Waals surface area contributed by atoms with Crippen molar-refractivity contribution in [2.45, 2.75) is 58.5 Å². The molecule has 42 heavy (non-hydrogen) atoms. The van der Waals surface area contributed by atoms with Crippen molar-refractivity contribution in [3.63, 3.8) is 0 Å². The molecule has 3 heterocycles. The summed E-state index contributed by atoms with van der Waals surface area (Å²) in [5, 5.41) is 3.97. The van der Waals surface area contributed by atoms with Crippen LogP contribution in [0.2, 0.25) is 0 Å². The molecule has 1 aromatic heterocycles. The van der Waals surface area contributed by atoms with Crippen molar-refractivity contribution >= 4 is 11.9 Å². The molecule has 0 aliphatic carbocycles. The third-order valence-corrected chi connectivity index (χ3v) is 8.51. The maximum absolute atomic E-state index is 13.2. The van der Waals surface area contributed by atoms with E-state index in [2.05, 4.69) is 10.1 Å². The van der Waals surface area contributed by atoms with Crippen molar-refractivity contribution in [2.75, 3.05) is 26.2 Å². The minimum atomic E-state index is -5.11. The van der Waals surface area contributed by atoms with Gasteiger partial charge in [0.2, 0.25) is 0 Å². The van der Waals surface area contributed by atoms with Gasteiger partial charge in [0.15, 0.2) is 0 Å². The van der Waals surface area contributed by atoms with Gasteiger partial charge in [-0.25, -0.2) is 4.79 Å². The molecular formula is C31H34F3N3O5. The van der Waals surface area contributed by atoms with Crippen LogP contribution in [0.25, 0.3) is 0 Å². The van der Waals surface area contributed by atoms with Crippen LogP contribution in [0, 0.1) is 19.3 Å². The van der Waals surface area contributed by atoms with Crippen LogP contribution in [-0.2, 0) is 22.7 Å². The van der Waals surface area contributed by atoms with Crippen molar-refractivity contribution in [2.24, 2.45) is 5.41 Å². The van der Waals surface area contributed by atoms with Gasteiger partial charge in [0, 0.05) is 29.6 Å². The number of likely N-dealkylation sites (tertiary alicyclic amines) is 2. The van der Waals surface area contributed by atoms with Crippen molar-refractivity contribution in [3.05, 3.63) is 82.7 Å². The third-order valence-electron chi connectivity index (χ3n) is 8.51. The second-order valence-electron chi connectivity index (χ2n) is 11.1. The van der Waals surface area contributed by atoms with Gasteiger partial charge in [-0.3, -0.25) is 9.69 Å². The van der Waals surface area contributed by atoms with E-state index in [9.17, 15) is 22.8 Å². The van der Waals surface area contributed by atoms with E-state index in [4.69, 9.17) is 14.0 Å². The highest BCUT2D eigenvalue weighted by atomic mass is 19.4. The normalized spacial score (nSPS) is 19.1. The predicted molar refractivity (Wildman–Crippen MR) is 147 cm³/mol. The van der Waals surface area contributed by atoms with Crippen LogP contribution in [0.3, 0.4) is 0 Å². The fourth-order valence-electron chi connectivity index (χ4n) is 5.91. The molecule has 0 N–H and O–H groups in total. The number of carbonyl (C=O) groups excluding carboxylic acids is 2. The molecule has 1 atom stereocenters. The molecule has 2 aliphatic rings. The second kappa shape index (κ2) is 12.2. The summed E-state index contributed by atoms with van der Waals surface area (Å²) in [5.41, 5.74) is 2.47.